The van der Waals surface area contributed by atoms with E-state index in [1.165, 1.54) is 6.20 Å². The zero-order chi connectivity index (χ0) is 19.8. The van der Waals surface area contributed by atoms with Crippen molar-refractivity contribution in [1.29, 1.82) is 0 Å². The van der Waals surface area contributed by atoms with Crippen LogP contribution in [0.3, 0.4) is 0 Å². The molecule has 2 aromatic heterocycles. The lowest BCUT2D eigenvalue weighted by atomic mass is 10.1. The molecule has 0 radical (unpaired) electrons. The van der Waals surface area contributed by atoms with Crippen LogP contribution >= 0.6 is 0 Å². The van der Waals surface area contributed by atoms with E-state index in [0.717, 1.165) is 12.1 Å². The van der Waals surface area contributed by atoms with E-state index in [0.29, 0.717) is 36.3 Å². The molecule has 2 unspecified atom stereocenters. The molecule has 0 N–H and O–H groups in total. The fraction of sp³-hybridized carbons (Fsp3) is 0.450. The van der Waals surface area contributed by atoms with Crippen LogP contribution in [0, 0.1) is 6.92 Å². The monoisotopic (exact) mass is 380 g/mol. The number of piperazine rings is 1. The summed E-state index contributed by atoms with van der Waals surface area (Å²) in [6.45, 7) is 6.27. The molecule has 2 aromatic rings. The van der Waals surface area contributed by atoms with Gasteiger partial charge < -0.3 is 9.80 Å². The van der Waals surface area contributed by atoms with Crippen LogP contribution in [0.25, 0.3) is 0 Å². The summed E-state index contributed by atoms with van der Waals surface area (Å²) in [5, 5.41) is 0. The van der Waals surface area contributed by atoms with E-state index < -0.39 is 6.04 Å². The van der Waals surface area contributed by atoms with Gasteiger partial charge in [0.2, 0.25) is 5.91 Å². The molecule has 2 amide bonds. The van der Waals surface area contributed by atoms with Crippen LogP contribution in [-0.2, 0) is 4.79 Å². The zero-order valence-corrected chi connectivity index (χ0v) is 16.4. The number of nitrogens with zero attached hydrogens (tertiary/aromatic N) is 6. The fourth-order valence-corrected chi connectivity index (χ4v) is 3.76. The van der Waals surface area contributed by atoms with Gasteiger partial charge in [0.15, 0.2) is 5.69 Å². The average molecular weight is 380 g/mol. The molecule has 2 atom stereocenters. The Morgan fingerprint density at radius 1 is 1.18 bits per heavy atom. The van der Waals surface area contributed by atoms with Crippen LogP contribution in [-0.4, -0.2) is 69.3 Å². The molecule has 4 rings (SSSR count). The molecule has 2 aliphatic heterocycles. The topological polar surface area (TPSA) is 82.5 Å². The predicted molar refractivity (Wildman–Crippen MR) is 104 cm³/mol. The van der Waals surface area contributed by atoms with Crippen LogP contribution in [0.1, 0.15) is 41.1 Å². The summed E-state index contributed by atoms with van der Waals surface area (Å²) in [5.41, 5.74) is 1.85. The molecule has 0 aromatic carbocycles. The van der Waals surface area contributed by atoms with Gasteiger partial charge in [0, 0.05) is 44.3 Å². The van der Waals surface area contributed by atoms with Gasteiger partial charge in [-0.25, -0.2) is 9.97 Å². The number of pyridine rings is 1. The van der Waals surface area contributed by atoms with E-state index in [1.807, 2.05) is 17.9 Å². The van der Waals surface area contributed by atoms with Crippen LogP contribution in [0.5, 0.6) is 0 Å². The molecular weight excluding hydrogens is 356 g/mol. The highest BCUT2D eigenvalue weighted by Gasteiger charge is 2.42. The van der Waals surface area contributed by atoms with Crippen molar-refractivity contribution in [1.82, 2.24) is 24.8 Å². The third-order valence-electron chi connectivity index (χ3n) is 5.60. The van der Waals surface area contributed by atoms with Gasteiger partial charge in [0.1, 0.15) is 5.82 Å². The lowest BCUT2D eigenvalue weighted by Crippen LogP contribution is -2.52. The maximum absolute atomic E-state index is 13.1. The first-order valence-corrected chi connectivity index (χ1v) is 9.51. The van der Waals surface area contributed by atoms with Crippen molar-refractivity contribution in [2.24, 2.45) is 0 Å². The SMILES string of the molecule is Cc1ccc(N2C(=O)c3nccnc3C2CC(=O)N2CCN(C)C(C)C2)nc1. The van der Waals surface area contributed by atoms with E-state index in [2.05, 4.69) is 33.8 Å². The van der Waals surface area contributed by atoms with Crippen molar-refractivity contribution < 1.29 is 9.59 Å². The second-order valence-corrected chi connectivity index (χ2v) is 7.55. The molecule has 0 bridgehead atoms. The summed E-state index contributed by atoms with van der Waals surface area (Å²) in [6.07, 6.45) is 4.95. The number of amides is 2. The summed E-state index contributed by atoms with van der Waals surface area (Å²) in [7, 11) is 2.07. The number of aryl methyl sites for hydroxylation is 1. The number of likely N-dealkylation sites (N-methyl/N-ethyl adjacent to an activating group) is 1. The van der Waals surface area contributed by atoms with Crippen LogP contribution in [0.2, 0.25) is 0 Å². The normalized spacial score (nSPS) is 22.5. The Hall–Kier alpha value is -2.87. The summed E-state index contributed by atoms with van der Waals surface area (Å²) in [6, 6.07) is 3.52. The van der Waals surface area contributed by atoms with Gasteiger partial charge in [-0.05, 0) is 32.5 Å². The Bertz CT molecular complexity index is 900. The number of carbonyl (C=O) groups excluding carboxylic acids is 2. The average Bonchev–Trinajstić information content (AvgIpc) is 2.97. The Morgan fingerprint density at radius 3 is 2.68 bits per heavy atom. The van der Waals surface area contributed by atoms with E-state index in [-0.39, 0.29) is 18.2 Å². The molecule has 0 spiro atoms. The van der Waals surface area contributed by atoms with Crippen LogP contribution in [0.15, 0.2) is 30.7 Å². The van der Waals surface area contributed by atoms with Crippen LogP contribution in [0.4, 0.5) is 5.82 Å². The maximum atomic E-state index is 13.1. The van der Waals surface area contributed by atoms with Gasteiger partial charge in [0.05, 0.1) is 18.2 Å². The lowest BCUT2D eigenvalue weighted by molar-refractivity contribution is -0.134. The Balaban J connectivity index is 1.63. The van der Waals surface area contributed by atoms with Crippen molar-refractivity contribution in [3.63, 3.8) is 0 Å². The van der Waals surface area contributed by atoms with Crippen molar-refractivity contribution in [2.45, 2.75) is 32.4 Å². The third kappa shape index (κ3) is 3.24. The minimum atomic E-state index is -0.492. The minimum absolute atomic E-state index is 0.0216. The number of carbonyl (C=O) groups is 2. The van der Waals surface area contributed by atoms with Crippen molar-refractivity contribution in [3.05, 3.63) is 47.7 Å². The predicted octanol–water partition coefficient (Wildman–Crippen LogP) is 1.43. The van der Waals surface area contributed by atoms with Gasteiger partial charge in [0.25, 0.3) is 5.91 Å². The number of fused-ring (bicyclic) bond motifs is 1. The van der Waals surface area contributed by atoms with E-state index in [4.69, 9.17) is 0 Å². The van der Waals surface area contributed by atoms with Crippen molar-refractivity contribution in [2.75, 3.05) is 31.6 Å². The summed E-state index contributed by atoms with van der Waals surface area (Å²) in [5.74, 6) is 0.275. The Labute approximate surface area is 164 Å². The van der Waals surface area contributed by atoms with Gasteiger partial charge in [-0.15, -0.1) is 0 Å². The number of hydrogen-bond acceptors (Lipinski definition) is 6. The summed E-state index contributed by atoms with van der Waals surface area (Å²) >= 11 is 0. The molecule has 0 aliphatic carbocycles. The highest BCUT2D eigenvalue weighted by molar-refractivity contribution is 6.09. The molecule has 2 aliphatic rings. The highest BCUT2D eigenvalue weighted by Crippen LogP contribution is 2.37. The van der Waals surface area contributed by atoms with Gasteiger partial charge in [-0.3, -0.25) is 19.5 Å². The van der Waals surface area contributed by atoms with Gasteiger partial charge in [-0.2, -0.15) is 0 Å². The molecule has 28 heavy (non-hydrogen) atoms. The highest BCUT2D eigenvalue weighted by atomic mass is 16.2. The zero-order valence-electron chi connectivity index (χ0n) is 16.4. The quantitative estimate of drug-likeness (QED) is 0.801. The molecular formula is C20H24N6O2. The van der Waals surface area contributed by atoms with E-state index in [9.17, 15) is 9.59 Å². The number of anilines is 1. The first-order chi connectivity index (χ1) is 13.5. The number of hydrogen-bond donors (Lipinski definition) is 0. The molecule has 1 saturated heterocycles. The Morgan fingerprint density at radius 2 is 1.96 bits per heavy atom. The van der Waals surface area contributed by atoms with Crippen LogP contribution < -0.4 is 4.90 Å². The standard InChI is InChI=1S/C20H24N6O2/c1-13-4-5-16(23-11-13)26-15(18-19(20(26)28)22-7-6-21-18)10-17(27)25-9-8-24(3)14(2)12-25/h4-7,11,14-15H,8-10,12H2,1-3H3. The van der Waals surface area contributed by atoms with Crippen molar-refractivity contribution >= 4 is 17.6 Å². The Kier molecular flexibility index (Phi) is 4.80. The molecule has 4 heterocycles. The molecule has 8 nitrogen and oxygen atoms in total. The fourth-order valence-electron chi connectivity index (χ4n) is 3.76. The van der Waals surface area contributed by atoms with Crippen molar-refractivity contribution in [3.8, 4) is 0 Å². The molecule has 1 fully saturated rings. The summed E-state index contributed by atoms with van der Waals surface area (Å²) in [4.78, 5) is 44.7. The minimum Gasteiger partial charge on any atom is -0.340 e. The first kappa shape index (κ1) is 18.5. The van der Waals surface area contributed by atoms with Gasteiger partial charge >= 0.3 is 0 Å². The molecule has 146 valence electrons. The smallest absolute Gasteiger partial charge is 0.280 e. The third-order valence-corrected chi connectivity index (χ3v) is 5.60. The molecule has 8 heteroatoms. The summed E-state index contributed by atoms with van der Waals surface area (Å²) < 4.78 is 0. The lowest BCUT2D eigenvalue weighted by Gasteiger charge is -2.38. The first-order valence-electron chi connectivity index (χ1n) is 9.51. The molecule has 0 saturated carbocycles. The number of aromatic nitrogens is 3. The maximum Gasteiger partial charge on any atom is 0.280 e. The largest absolute Gasteiger partial charge is 0.340 e. The van der Waals surface area contributed by atoms with E-state index in [1.54, 1.807) is 23.4 Å². The second kappa shape index (κ2) is 7.27. The van der Waals surface area contributed by atoms with E-state index >= 15 is 0 Å². The number of rotatable bonds is 3. The second-order valence-electron chi connectivity index (χ2n) is 7.55. The van der Waals surface area contributed by atoms with Gasteiger partial charge in [-0.1, -0.05) is 6.07 Å².